The van der Waals surface area contributed by atoms with Gasteiger partial charge in [-0.1, -0.05) is 236 Å². The van der Waals surface area contributed by atoms with Gasteiger partial charge in [0.2, 0.25) is 0 Å². The molecule has 4 aromatic heterocycles. The van der Waals surface area contributed by atoms with Crippen LogP contribution in [0.15, 0.2) is 255 Å². The van der Waals surface area contributed by atoms with Gasteiger partial charge in [0.15, 0.2) is 0 Å². The van der Waals surface area contributed by atoms with Gasteiger partial charge in [-0.15, -0.1) is 22.7 Å². The summed E-state index contributed by atoms with van der Waals surface area (Å²) in [6.45, 7) is 0. The molecule has 0 amide bonds. The molecule has 384 valence electrons. The smallest absolute Gasteiger partial charge is 0.423 e. The van der Waals surface area contributed by atoms with E-state index in [-0.39, 0.29) is 0 Å². The standard InChI is InChI=1S/C37H21NS.C22H15BO2.C15H8ClNS/c1-2-12-26-25(11-1)28-16-8-15-27-24(19-20-29(26)35(27)28)22-9-7-10-23(21-22)34-30-13-3-5-17-32(30)38-36-31-14-4-6-18-33(31)39-37(34)36;24-23(25)15-6-3-5-14(13-15)16-11-12-21-18-8-2-1-7-17(18)20-10-4-9-19(16)22(20)21;16-13-9-5-1-3-7-11(9)17-14-10-6-2-4-8-12(10)18-15(13)14/h1-21H;1-13,24-25H;1-8H. The number of hydrogen-bond acceptors (Lipinski definition) is 6. The molecule has 4 nitrogen and oxygen atoms in total. The number of rotatable bonds is 4. The average Bonchev–Trinajstić information content (AvgIpc) is 4.24. The van der Waals surface area contributed by atoms with Crippen LogP contribution in [0.2, 0.25) is 5.02 Å². The van der Waals surface area contributed by atoms with Crippen molar-refractivity contribution in [2.75, 3.05) is 0 Å². The summed E-state index contributed by atoms with van der Waals surface area (Å²) < 4.78 is 4.84. The Kier molecular flexibility index (Phi) is 11.5. The Morgan fingerprint density at radius 2 is 0.707 bits per heavy atom. The molecule has 8 heteroatoms. The number of halogens is 1. The van der Waals surface area contributed by atoms with Gasteiger partial charge >= 0.3 is 7.12 Å². The predicted molar refractivity (Wildman–Crippen MR) is 351 cm³/mol. The minimum atomic E-state index is -1.46. The van der Waals surface area contributed by atoms with E-state index in [2.05, 4.69) is 194 Å². The van der Waals surface area contributed by atoms with Crippen LogP contribution < -0.4 is 5.46 Å². The molecule has 16 aromatic rings. The van der Waals surface area contributed by atoms with Crippen LogP contribution in [0.25, 0.3) is 162 Å². The molecule has 0 saturated carbocycles. The van der Waals surface area contributed by atoms with Crippen LogP contribution in [0.5, 0.6) is 0 Å². The van der Waals surface area contributed by atoms with E-state index in [9.17, 15) is 10.0 Å². The van der Waals surface area contributed by atoms with E-state index in [0.29, 0.717) is 5.46 Å². The van der Waals surface area contributed by atoms with Gasteiger partial charge in [0.1, 0.15) is 0 Å². The molecule has 0 spiro atoms. The summed E-state index contributed by atoms with van der Waals surface area (Å²) in [6, 6.07) is 89.4. The lowest BCUT2D eigenvalue weighted by Gasteiger charge is -2.13. The molecule has 0 unspecified atom stereocenters. The van der Waals surface area contributed by atoms with Gasteiger partial charge in [-0.25, -0.2) is 9.97 Å². The monoisotopic (exact) mass is 1100 g/mol. The van der Waals surface area contributed by atoms with Crippen LogP contribution in [-0.2, 0) is 0 Å². The van der Waals surface area contributed by atoms with Crippen molar-refractivity contribution in [3.8, 4) is 77.9 Å². The van der Waals surface area contributed by atoms with E-state index in [4.69, 9.17) is 21.6 Å². The number of thiophene rings is 2. The highest BCUT2D eigenvalue weighted by molar-refractivity contribution is 7.26. The van der Waals surface area contributed by atoms with Gasteiger partial charge in [0, 0.05) is 36.5 Å². The summed E-state index contributed by atoms with van der Waals surface area (Å²) >= 11 is 10.1. The van der Waals surface area contributed by atoms with E-state index in [1.54, 1.807) is 17.4 Å². The number of para-hydroxylation sites is 2. The highest BCUT2D eigenvalue weighted by Crippen LogP contribution is 2.52. The maximum absolute atomic E-state index is 9.48. The van der Waals surface area contributed by atoms with Gasteiger partial charge in [0.05, 0.1) is 36.5 Å². The molecule has 0 radical (unpaired) electrons. The van der Waals surface area contributed by atoms with Crippen LogP contribution in [0.3, 0.4) is 0 Å². The molecule has 2 aliphatic carbocycles. The van der Waals surface area contributed by atoms with Crippen LogP contribution in [0.4, 0.5) is 0 Å². The molecule has 0 saturated heterocycles. The number of nitrogens with zero attached hydrogens (tertiary/aromatic N) is 2. The van der Waals surface area contributed by atoms with Crippen LogP contribution in [0.1, 0.15) is 0 Å². The first kappa shape index (κ1) is 48.6. The quantitative estimate of drug-likeness (QED) is 0.172. The average molecular weight is 1100 g/mol. The highest BCUT2D eigenvalue weighted by atomic mass is 35.5. The predicted octanol–water partition coefficient (Wildman–Crippen LogP) is 19.8. The topological polar surface area (TPSA) is 66.2 Å². The van der Waals surface area contributed by atoms with Crippen molar-refractivity contribution in [1.82, 2.24) is 9.97 Å². The second-order valence-electron chi connectivity index (χ2n) is 20.9. The Hall–Kier alpha value is -9.31. The number of hydrogen-bond donors (Lipinski definition) is 2. The lowest BCUT2D eigenvalue weighted by Crippen LogP contribution is -2.29. The maximum atomic E-state index is 9.48. The summed E-state index contributed by atoms with van der Waals surface area (Å²) in [7, 11) is -1.46. The zero-order valence-corrected chi connectivity index (χ0v) is 46.2. The third-order valence-electron chi connectivity index (χ3n) is 16.4. The lowest BCUT2D eigenvalue weighted by atomic mass is 9.79. The highest BCUT2D eigenvalue weighted by Gasteiger charge is 2.25. The Morgan fingerprint density at radius 1 is 0.317 bits per heavy atom. The second kappa shape index (κ2) is 19.5. The number of benzene rings is 12. The Balaban J connectivity index is 0.000000110. The third-order valence-corrected chi connectivity index (χ3v) is 19.3. The minimum Gasteiger partial charge on any atom is -0.423 e. The van der Waals surface area contributed by atoms with E-state index < -0.39 is 7.12 Å². The Bertz CT molecular complexity index is 5260. The molecule has 18 rings (SSSR count). The summed E-state index contributed by atoms with van der Waals surface area (Å²) in [6.07, 6.45) is 0. The molecule has 12 aromatic carbocycles. The number of aromatic nitrogens is 2. The zero-order valence-electron chi connectivity index (χ0n) is 43.8. The summed E-state index contributed by atoms with van der Waals surface area (Å²) in [5.74, 6) is 0. The SMILES string of the molecule is Clc1c2ccccc2nc2c1sc1ccccc12.OB(O)c1cccc(-c2ccc3c4c(cccc24)-c2ccccc2-3)c1.c1cc(-c2ccc3c4c(cccc24)-c2ccccc2-3)cc(-c2c3ccccc3nc3c2sc2ccccc23)c1. The second-order valence-corrected chi connectivity index (χ2v) is 23.4. The van der Waals surface area contributed by atoms with E-state index in [1.165, 1.54) is 119 Å². The molecule has 0 aliphatic heterocycles. The van der Waals surface area contributed by atoms with E-state index in [1.807, 2.05) is 65.9 Å². The summed E-state index contributed by atoms with van der Waals surface area (Å²) in [5.41, 5.74) is 22.2. The Labute approximate surface area is 485 Å². The molecule has 2 aliphatic rings. The van der Waals surface area contributed by atoms with Crippen molar-refractivity contribution in [3.05, 3.63) is 260 Å². The first-order valence-electron chi connectivity index (χ1n) is 27.4. The fourth-order valence-electron chi connectivity index (χ4n) is 12.7. The molecule has 0 fully saturated rings. The molecular formula is C74H44BClN2O2S2. The molecule has 0 atom stereocenters. The van der Waals surface area contributed by atoms with Crippen molar-refractivity contribution < 1.29 is 10.0 Å². The molecule has 0 bridgehead atoms. The van der Waals surface area contributed by atoms with Crippen LogP contribution in [0, 0.1) is 0 Å². The molecule has 4 heterocycles. The van der Waals surface area contributed by atoms with E-state index >= 15 is 0 Å². The van der Waals surface area contributed by atoms with Crippen molar-refractivity contribution in [2.24, 2.45) is 0 Å². The first-order chi connectivity index (χ1) is 40.4. The van der Waals surface area contributed by atoms with Gasteiger partial charge in [0.25, 0.3) is 0 Å². The molecular weight excluding hydrogens is 1060 g/mol. The van der Waals surface area contributed by atoms with Gasteiger partial charge in [-0.3, -0.25) is 0 Å². The van der Waals surface area contributed by atoms with Crippen molar-refractivity contribution >= 4 is 131 Å². The first-order valence-corrected chi connectivity index (χ1v) is 29.4. The minimum absolute atomic E-state index is 0.504. The summed E-state index contributed by atoms with van der Waals surface area (Å²) in [4.78, 5) is 9.88. The summed E-state index contributed by atoms with van der Waals surface area (Å²) in [5, 5.41) is 29.6. The number of fused-ring (bicyclic) bond motifs is 14. The van der Waals surface area contributed by atoms with Gasteiger partial charge < -0.3 is 10.0 Å². The zero-order chi connectivity index (χ0) is 54.6. The maximum Gasteiger partial charge on any atom is 0.488 e. The molecule has 2 N–H and O–H groups in total. The fourth-order valence-corrected chi connectivity index (χ4v) is 15.4. The van der Waals surface area contributed by atoms with Crippen molar-refractivity contribution in [1.29, 1.82) is 0 Å². The Morgan fingerprint density at radius 3 is 1.28 bits per heavy atom. The van der Waals surface area contributed by atoms with Crippen molar-refractivity contribution in [3.63, 3.8) is 0 Å². The molecule has 82 heavy (non-hydrogen) atoms. The van der Waals surface area contributed by atoms with Crippen LogP contribution >= 0.6 is 34.3 Å². The number of pyridine rings is 2. The third kappa shape index (κ3) is 7.74. The van der Waals surface area contributed by atoms with Gasteiger partial charge in [-0.2, -0.15) is 0 Å². The van der Waals surface area contributed by atoms with Crippen molar-refractivity contribution in [2.45, 2.75) is 0 Å². The van der Waals surface area contributed by atoms with E-state index in [0.717, 1.165) is 48.3 Å². The lowest BCUT2D eigenvalue weighted by molar-refractivity contribution is 0.426. The normalized spacial score (nSPS) is 11.8. The van der Waals surface area contributed by atoms with Crippen LogP contribution in [-0.4, -0.2) is 27.1 Å². The van der Waals surface area contributed by atoms with Gasteiger partial charge in [-0.05, 0) is 130 Å². The largest absolute Gasteiger partial charge is 0.488 e. The fraction of sp³-hybridized carbons (Fsp3) is 0.